The van der Waals surface area contributed by atoms with E-state index in [1.165, 1.54) is 0 Å². The molecule has 1 saturated heterocycles. The lowest BCUT2D eigenvalue weighted by Gasteiger charge is -2.39. The van der Waals surface area contributed by atoms with Gasteiger partial charge in [-0.3, -0.25) is 0 Å². The van der Waals surface area contributed by atoms with Crippen molar-refractivity contribution in [3.05, 3.63) is 51.2 Å². The molecule has 0 bridgehead atoms. The van der Waals surface area contributed by atoms with Crippen LogP contribution in [0.3, 0.4) is 0 Å². The van der Waals surface area contributed by atoms with Crippen molar-refractivity contribution in [1.82, 2.24) is 15.6 Å². The van der Waals surface area contributed by atoms with Crippen molar-refractivity contribution in [3.63, 3.8) is 0 Å². The maximum absolute atomic E-state index is 6.57. The van der Waals surface area contributed by atoms with Crippen LogP contribution in [0.4, 0.5) is 0 Å². The Kier molecular flexibility index (Phi) is 7.44. The van der Waals surface area contributed by atoms with Crippen LogP contribution in [0.1, 0.15) is 42.7 Å². The summed E-state index contributed by atoms with van der Waals surface area (Å²) in [6.45, 7) is 9.09. The molecule has 2 N–H and O–H groups in total. The van der Waals surface area contributed by atoms with E-state index in [2.05, 4.69) is 20.6 Å². The van der Waals surface area contributed by atoms with Gasteiger partial charge in [0.05, 0.1) is 5.69 Å². The summed E-state index contributed by atoms with van der Waals surface area (Å²) in [5, 5.41) is 8.10. The number of aryl methyl sites for hydroxylation is 2. The summed E-state index contributed by atoms with van der Waals surface area (Å²) in [6, 6.07) is 5.73. The highest BCUT2D eigenvalue weighted by Crippen LogP contribution is 2.39. The quantitative estimate of drug-likeness (QED) is 0.516. The fourth-order valence-electron chi connectivity index (χ4n) is 3.57. The number of guanidine groups is 1. The zero-order valence-electron chi connectivity index (χ0n) is 17.1. The molecule has 0 aliphatic carbocycles. The van der Waals surface area contributed by atoms with E-state index in [9.17, 15) is 0 Å². The van der Waals surface area contributed by atoms with Gasteiger partial charge in [0, 0.05) is 41.8 Å². The minimum absolute atomic E-state index is 0.147. The highest BCUT2D eigenvalue weighted by Gasteiger charge is 2.36. The van der Waals surface area contributed by atoms with Crippen LogP contribution in [-0.2, 0) is 16.7 Å². The van der Waals surface area contributed by atoms with Crippen LogP contribution in [0.25, 0.3) is 0 Å². The van der Waals surface area contributed by atoms with Gasteiger partial charge in [0.2, 0.25) is 5.89 Å². The molecule has 1 aliphatic heterocycles. The van der Waals surface area contributed by atoms with Crippen molar-refractivity contribution in [1.29, 1.82) is 0 Å². The van der Waals surface area contributed by atoms with Crippen LogP contribution in [0.2, 0.25) is 10.0 Å². The first-order valence-electron chi connectivity index (χ1n) is 9.92. The Labute approximate surface area is 182 Å². The highest BCUT2D eigenvalue weighted by atomic mass is 35.5. The van der Waals surface area contributed by atoms with Gasteiger partial charge in [0.25, 0.3) is 0 Å². The van der Waals surface area contributed by atoms with E-state index in [1.54, 1.807) is 0 Å². The van der Waals surface area contributed by atoms with E-state index in [0.29, 0.717) is 42.2 Å². The number of aromatic nitrogens is 1. The molecule has 0 unspecified atom stereocenters. The Bertz CT molecular complexity index is 841. The molecule has 29 heavy (non-hydrogen) atoms. The topological polar surface area (TPSA) is 71.7 Å². The number of rotatable bonds is 6. The number of halogens is 2. The molecular weight excluding hydrogens is 411 g/mol. The number of nitrogens with one attached hydrogen (secondary N) is 2. The number of aliphatic imine (C=N–C) groups is 1. The van der Waals surface area contributed by atoms with Crippen LogP contribution in [0.5, 0.6) is 0 Å². The largest absolute Gasteiger partial charge is 0.444 e. The van der Waals surface area contributed by atoms with Crippen LogP contribution >= 0.6 is 23.2 Å². The SMILES string of the molecule is CCNC(=NCc1nc(C)c(C)o1)NCC1(c2ccc(Cl)cc2Cl)CCOCC1. The molecular formula is C21H28Cl2N4O2. The minimum atomic E-state index is -0.147. The Morgan fingerprint density at radius 3 is 2.59 bits per heavy atom. The molecule has 8 heteroatoms. The second-order valence-electron chi connectivity index (χ2n) is 7.31. The van der Waals surface area contributed by atoms with Gasteiger partial charge in [0.15, 0.2) is 5.96 Å². The third-order valence-electron chi connectivity index (χ3n) is 5.34. The molecule has 1 aromatic heterocycles. The van der Waals surface area contributed by atoms with E-state index in [4.69, 9.17) is 32.4 Å². The van der Waals surface area contributed by atoms with Gasteiger partial charge in [-0.05, 0) is 51.3 Å². The lowest BCUT2D eigenvalue weighted by molar-refractivity contribution is 0.0514. The van der Waals surface area contributed by atoms with Crippen molar-refractivity contribution in [2.75, 3.05) is 26.3 Å². The smallest absolute Gasteiger partial charge is 0.216 e. The van der Waals surface area contributed by atoms with E-state index in [0.717, 1.165) is 42.4 Å². The first-order valence-corrected chi connectivity index (χ1v) is 10.7. The van der Waals surface area contributed by atoms with Crippen LogP contribution in [0, 0.1) is 13.8 Å². The van der Waals surface area contributed by atoms with Crippen molar-refractivity contribution in [2.45, 2.75) is 45.6 Å². The molecule has 158 valence electrons. The van der Waals surface area contributed by atoms with E-state index in [-0.39, 0.29) is 5.41 Å². The molecule has 2 heterocycles. The molecule has 0 amide bonds. The maximum atomic E-state index is 6.57. The third-order valence-corrected chi connectivity index (χ3v) is 5.88. The van der Waals surface area contributed by atoms with Crippen molar-refractivity contribution < 1.29 is 9.15 Å². The molecule has 1 fully saturated rings. The average molecular weight is 439 g/mol. The molecule has 6 nitrogen and oxygen atoms in total. The Balaban J connectivity index is 1.77. The lowest BCUT2D eigenvalue weighted by Crippen LogP contribution is -2.48. The zero-order chi connectivity index (χ0) is 20.9. The van der Waals surface area contributed by atoms with Crippen molar-refractivity contribution >= 4 is 29.2 Å². The standard InChI is InChI=1S/C21H28Cl2N4O2/c1-4-24-20(25-12-19-27-14(2)15(3)29-19)26-13-21(7-9-28-10-8-21)17-6-5-16(22)11-18(17)23/h5-6,11H,4,7-10,12-13H2,1-3H3,(H2,24,25,26). The molecule has 0 atom stereocenters. The fourth-order valence-corrected chi connectivity index (χ4v) is 4.18. The summed E-state index contributed by atoms with van der Waals surface area (Å²) >= 11 is 12.7. The molecule has 0 spiro atoms. The Morgan fingerprint density at radius 1 is 1.21 bits per heavy atom. The Morgan fingerprint density at radius 2 is 1.97 bits per heavy atom. The number of benzene rings is 1. The number of oxazole rings is 1. The first-order chi connectivity index (χ1) is 13.9. The van der Waals surface area contributed by atoms with Gasteiger partial charge >= 0.3 is 0 Å². The summed E-state index contributed by atoms with van der Waals surface area (Å²) in [6.07, 6.45) is 1.75. The normalized spacial score (nSPS) is 16.7. The van der Waals surface area contributed by atoms with Crippen molar-refractivity contribution in [3.8, 4) is 0 Å². The number of hydrogen-bond donors (Lipinski definition) is 2. The predicted octanol–water partition coefficient (Wildman–Crippen LogP) is 4.40. The van der Waals surface area contributed by atoms with Crippen LogP contribution in [0.15, 0.2) is 27.6 Å². The molecule has 0 saturated carbocycles. The fraction of sp³-hybridized carbons (Fsp3) is 0.524. The summed E-state index contributed by atoms with van der Waals surface area (Å²) in [7, 11) is 0. The summed E-state index contributed by atoms with van der Waals surface area (Å²) < 4.78 is 11.3. The molecule has 1 aromatic carbocycles. The zero-order valence-corrected chi connectivity index (χ0v) is 18.7. The lowest BCUT2D eigenvalue weighted by atomic mass is 9.74. The van der Waals surface area contributed by atoms with Gasteiger partial charge < -0.3 is 19.8 Å². The molecule has 3 rings (SSSR count). The molecule has 1 aliphatic rings. The second-order valence-corrected chi connectivity index (χ2v) is 8.16. The van der Waals surface area contributed by atoms with Crippen molar-refractivity contribution in [2.24, 2.45) is 4.99 Å². The monoisotopic (exact) mass is 438 g/mol. The second kappa shape index (κ2) is 9.83. The highest BCUT2D eigenvalue weighted by molar-refractivity contribution is 6.35. The van der Waals surface area contributed by atoms with Gasteiger partial charge in [-0.2, -0.15) is 0 Å². The molecule has 0 radical (unpaired) electrons. The maximum Gasteiger partial charge on any atom is 0.216 e. The third kappa shape index (κ3) is 5.44. The number of nitrogens with zero attached hydrogens (tertiary/aromatic N) is 2. The van der Waals surface area contributed by atoms with Gasteiger partial charge in [-0.1, -0.05) is 29.3 Å². The summed E-state index contributed by atoms with van der Waals surface area (Å²) in [4.78, 5) is 9.03. The van der Waals surface area contributed by atoms with Gasteiger partial charge in [-0.25, -0.2) is 9.98 Å². The van der Waals surface area contributed by atoms with Gasteiger partial charge in [-0.15, -0.1) is 0 Å². The summed E-state index contributed by atoms with van der Waals surface area (Å²) in [5.74, 6) is 2.15. The summed E-state index contributed by atoms with van der Waals surface area (Å²) in [5.41, 5.74) is 1.84. The Hall–Kier alpha value is -1.76. The molecule has 2 aromatic rings. The van der Waals surface area contributed by atoms with E-state index < -0.39 is 0 Å². The van der Waals surface area contributed by atoms with Crippen LogP contribution in [-0.4, -0.2) is 37.2 Å². The average Bonchev–Trinajstić information content (AvgIpc) is 3.02. The predicted molar refractivity (Wildman–Crippen MR) is 117 cm³/mol. The number of ether oxygens (including phenoxy) is 1. The van der Waals surface area contributed by atoms with E-state index in [1.807, 2.05) is 39.0 Å². The van der Waals surface area contributed by atoms with Crippen LogP contribution < -0.4 is 10.6 Å². The van der Waals surface area contributed by atoms with E-state index >= 15 is 0 Å². The van der Waals surface area contributed by atoms with Gasteiger partial charge in [0.1, 0.15) is 12.3 Å². The first kappa shape index (κ1) is 21.9. The minimum Gasteiger partial charge on any atom is -0.444 e. The number of hydrogen-bond acceptors (Lipinski definition) is 4.